The van der Waals surface area contributed by atoms with Crippen molar-refractivity contribution in [2.75, 3.05) is 0 Å². The first-order valence-corrected chi connectivity index (χ1v) is 14.1. The lowest BCUT2D eigenvalue weighted by Crippen LogP contribution is -2.45. The Morgan fingerprint density at radius 3 is 2.27 bits per heavy atom. The molecule has 1 aliphatic rings. The van der Waals surface area contributed by atoms with E-state index in [2.05, 4.69) is 18.4 Å². The second kappa shape index (κ2) is 12.5. The third kappa shape index (κ3) is 6.88. The molecule has 214 valence electrons. The van der Waals surface area contributed by atoms with E-state index in [9.17, 15) is 14.0 Å². The lowest BCUT2D eigenvalue weighted by atomic mass is 9.96. The van der Waals surface area contributed by atoms with Crippen LogP contribution in [0.25, 0.3) is 22.4 Å². The van der Waals surface area contributed by atoms with Gasteiger partial charge in [0.2, 0.25) is 0 Å². The molecule has 0 bridgehead atoms. The number of nitrogens with zero attached hydrogens (tertiary/aromatic N) is 1. The lowest BCUT2D eigenvalue weighted by Gasteiger charge is -2.41. The number of carbonyl (C=O) groups excluding carboxylic acids is 2. The number of aromatic nitrogens is 1. The van der Waals surface area contributed by atoms with Crippen molar-refractivity contribution < 1.29 is 28.2 Å². The summed E-state index contributed by atoms with van der Waals surface area (Å²) >= 11 is 0. The molecule has 0 aliphatic carbocycles. The first-order valence-electron chi connectivity index (χ1n) is 14.1. The van der Waals surface area contributed by atoms with E-state index in [-0.39, 0.29) is 42.4 Å². The number of ether oxygens (including phenoxy) is 3. The summed E-state index contributed by atoms with van der Waals surface area (Å²) in [7, 11) is 0. The highest BCUT2D eigenvalue weighted by Gasteiger charge is 2.37. The first-order chi connectivity index (χ1) is 19.0. The third-order valence-corrected chi connectivity index (χ3v) is 7.05. The molecule has 1 saturated heterocycles. The van der Waals surface area contributed by atoms with Crippen molar-refractivity contribution >= 4 is 12.3 Å². The highest BCUT2D eigenvalue weighted by molar-refractivity contribution is 5.97. The first kappa shape index (κ1) is 29.7. The van der Waals surface area contributed by atoms with Crippen molar-refractivity contribution in [2.24, 2.45) is 0 Å². The maximum Gasteiger partial charge on any atom is 0.308 e. The van der Waals surface area contributed by atoms with Crippen LogP contribution in [0.3, 0.4) is 0 Å². The number of carbonyl (C=O) groups is 2. The van der Waals surface area contributed by atoms with Crippen molar-refractivity contribution in [3.05, 3.63) is 71.7 Å². The molecular formula is C33H40FNO5. The van der Waals surface area contributed by atoms with Gasteiger partial charge < -0.3 is 18.8 Å². The van der Waals surface area contributed by atoms with Crippen LogP contribution in [-0.4, -0.2) is 40.9 Å². The van der Waals surface area contributed by atoms with Gasteiger partial charge in [0.25, 0.3) is 0 Å². The number of hydrogen-bond donors (Lipinski definition) is 0. The van der Waals surface area contributed by atoms with Crippen LogP contribution in [0.4, 0.5) is 4.39 Å². The number of halogens is 1. The van der Waals surface area contributed by atoms with Crippen LogP contribution < -0.4 is 0 Å². The van der Waals surface area contributed by atoms with Crippen LogP contribution in [0.1, 0.15) is 82.8 Å². The molecule has 7 heteroatoms. The largest absolute Gasteiger partial charge is 0.463 e. The highest BCUT2D eigenvalue weighted by atomic mass is 19.1. The van der Waals surface area contributed by atoms with E-state index in [1.807, 2.05) is 58.0 Å². The minimum absolute atomic E-state index is 0.0578. The smallest absolute Gasteiger partial charge is 0.308 e. The molecule has 40 heavy (non-hydrogen) atoms. The van der Waals surface area contributed by atoms with Gasteiger partial charge in [-0.3, -0.25) is 9.59 Å². The predicted octanol–water partition coefficient (Wildman–Crippen LogP) is 7.54. The van der Waals surface area contributed by atoms with E-state index < -0.39 is 5.79 Å². The maximum atomic E-state index is 13.9. The van der Waals surface area contributed by atoms with Gasteiger partial charge >= 0.3 is 5.97 Å². The topological polar surface area (TPSA) is 66.8 Å². The fourth-order valence-corrected chi connectivity index (χ4v) is 5.73. The monoisotopic (exact) mass is 549 g/mol. The van der Waals surface area contributed by atoms with Gasteiger partial charge in [0.1, 0.15) is 5.82 Å². The van der Waals surface area contributed by atoms with Gasteiger partial charge in [-0.25, -0.2) is 4.39 Å². The van der Waals surface area contributed by atoms with E-state index in [4.69, 9.17) is 14.2 Å². The van der Waals surface area contributed by atoms with Gasteiger partial charge in [-0.2, -0.15) is 0 Å². The van der Waals surface area contributed by atoms with E-state index in [1.165, 1.54) is 12.1 Å². The van der Waals surface area contributed by atoms with Crippen molar-refractivity contribution in [3.63, 3.8) is 0 Å². The summed E-state index contributed by atoms with van der Waals surface area (Å²) in [6.07, 6.45) is 1.60. The Hall–Kier alpha value is -3.29. The normalized spacial score (nSPS) is 18.7. The highest BCUT2D eigenvalue weighted by Crippen LogP contribution is 2.42. The molecule has 2 atom stereocenters. The summed E-state index contributed by atoms with van der Waals surface area (Å²) in [5.74, 6) is -1.40. The minimum atomic E-state index is -0.855. The molecule has 3 aromatic rings. The Bertz CT molecular complexity index is 1310. The summed E-state index contributed by atoms with van der Waals surface area (Å²) in [6, 6.07) is 16.3. The van der Waals surface area contributed by atoms with Crippen LogP contribution in [0, 0.1) is 5.82 Å². The molecule has 0 N–H and O–H groups in total. The molecule has 0 saturated carbocycles. The Morgan fingerprint density at radius 2 is 1.68 bits per heavy atom. The van der Waals surface area contributed by atoms with Gasteiger partial charge in [-0.15, -0.1) is 0 Å². The quantitative estimate of drug-likeness (QED) is 0.193. The Balaban J connectivity index is 1.73. The Kier molecular flexibility index (Phi) is 9.26. The second-order valence-electron chi connectivity index (χ2n) is 11.5. The molecule has 0 spiro atoms. The number of aldehydes is 1. The van der Waals surface area contributed by atoms with Crippen molar-refractivity contribution in [1.82, 2.24) is 4.57 Å². The molecule has 2 heterocycles. The standard InChI is InChI=1S/C33H40FNO5/c1-21(2)31-28(20-36)30(23-10-8-7-9-11-23)32(24-12-14-25(34)15-13-24)35(31)17-16-26-18-27(40-33(5,6)39-26)19-29(37)38-22(3)4/h7-15,20-22,26-27H,16-19H2,1-6H3/t26-,27?/m1/s1. The molecule has 0 radical (unpaired) electrons. The maximum absolute atomic E-state index is 13.9. The zero-order chi connectivity index (χ0) is 29.0. The Labute approximate surface area is 236 Å². The zero-order valence-electron chi connectivity index (χ0n) is 24.3. The van der Waals surface area contributed by atoms with Gasteiger partial charge in [0.05, 0.1) is 30.4 Å². The van der Waals surface area contributed by atoms with Gasteiger partial charge in [0.15, 0.2) is 12.1 Å². The van der Waals surface area contributed by atoms with Crippen molar-refractivity contribution in [2.45, 2.75) is 97.4 Å². The minimum Gasteiger partial charge on any atom is -0.463 e. The summed E-state index contributed by atoms with van der Waals surface area (Å²) in [6.45, 7) is 12.1. The number of hydrogen-bond acceptors (Lipinski definition) is 5. The molecule has 4 rings (SSSR count). The second-order valence-corrected chi connectivity index (χ2v) is 11.5. The molecule has 1 aliphatic heterocycles. The van der Waals surface area contributed by atoms with Gasteiger partial charge in [-0.1, -0.05) is 44.2 Å². The van der Waals surface area contributed by atoms with Crippen molar-refractivity contribution in [3.8, 4) is 22.4 Å². The molecular weight excluding hydrogens is 509 g/mol. The van der Waals surface area contributed by atoms with Crippen LogP contribution in [0.2, 0.25) is 0 Å². The lowest BCUT2D eigenvalue weighted by molar-refractivity contribution is -0.301. The van der Waals surface area contributed by atoms with Crippen LogP contribution >= 0.6 is 0 Å². The van der Waals surface area contributed by atoms with Gasteiger partial charge in [-0.05, 0) is 75.4 Å². The average Bonchev–Trinajstić information content (AvgIpc) is 3.21. The van der Waals surface area contributed by atoms with E-state index in [1.54, 1.807) is 12.1 Å². The summed E-state index contributed by atoms with van der Waals surface area (Å²) in [5.41, 5.74) is 5.04. The van der Waals surface area contributed by atoms with Crippen LogP contribution in [-0.2, 0) is 25.5 Å². The molecule has 1 aromatic heterocycles. The number of rotatable bonds is 10. The zero-order valence-corrected chi connectivity index (χ0v) is 24.3. The van der Waals surface area contributed by atoms with E-state index in [0.717, 1.165) is 34.4 Å². The van der Waals surface area contributed by atoms with E-state index >= 15 is 0 Å². The number of esters is 1. The molecule has 2 aromatic carbocycles. The van der Waals surface area contributed by atoms with Crippen molar-refractivity contribution in [1.29, 1.82) is 0 Å². The predicted molar refractivity (Wildman–Crippen MR) is 154 cm³/mol. The molecule has 0 amide bonds. The summed E-state index contributed by atoms with van der Waals surface area (Å²) < 4.78 is 33.8. The fourth-order valence-electron chi connectivity index (χ4n) is 5.73. The molecule has 1 fully saturated rings. The summed E-state index contributed by atoms with van der Waals surface area (Å²) in [4.78, 5) is 25.0. The third-order valence-electron chi connectivity index (χ3n) is 7.05. The van der Waals surface area contributed by atoms with Gasteiger partial charge in [0, 0.05) is 29.8 Å². The fraction of sp³-hybridized carbons (Fsp3) is 0.455. The van der Waals surface area contributed by atoms with E-state index in [0.29, 0.717) is 24.9 Å². The Morgan fingerprint density at radius 1 is 1.02 bits per heavy atom. The SMILES string of the molecule is CC(C)OC(=O)CC1C[C@@H](CCn2c(-c3ccc(F)cc3)c(-c3ccccc3)c(C=O)c2C(C)C)OC(C)(C)O1. The summed E-state index contributed by atoms with van der Waals surface area (Å²) in [5, 5.41) is 0. The van der Waals surface area contributed by atoms with Crippen LogP contribution in [0.15, 0.2) is 54.6 Å². The molecule has 1 unspecified atom stereocenters. The molecule has 6 nitrogen and oxygen atoms in total. The average molecular weight is 550 g/mol. The van der Waals surface area contributed by atoms with Crippen LogP contribution in [0.5, 0.6) is 0 Å². The number of benzene rings is 2.